The molecule has 0 bridgehead atoms. The van der Waals surface area contributed by atoms with Crippen LogP contribution in [-0.2, 0) is 5.41 Å². The molecule has 0 aromatic carbocycles. The lowest BCUT2D eigenvalue weighted by Gasteiger charge is -2.28. The number of hydrogen-bond acceptors (Lipinski definition) is 2. The van der Waals surface area contributed by atoms with Crippen LogP contribution in [0.15, 0.2) is 18.3 Å². The molecule has 0 aliphatic heterocycles. The third kappa shape index (κ3) is 3.98. The Labute approximate surface area is 114 Å². The van der Waals surface area contributed by atoms with E-state index in [2.05, 4.69) is 72.6 Å². The van der Waals surface area contributed by atoms with Crippen LogP contribution in [0.3, 0.4) is 0 Å². The number of halogens is 1. The van der Waals surface area contributed by atoms with Crippen LogP contribution in [0.4, 0.5) is 5.82 Å². The highest BCUT2D eigenvalue weighted by Gasteiger charge is 2.16. The average molecular weight is 299 g/mol. The monoisotopic (exact) mass is 298 g/mol. The molecule has 2 nitrogen and oxygen atoms in total. The minimum atomic E-state index is 0.170. The van der Waals surface area contributed by atoms with Gasteiger partial charge >= 0.3 is 0 Å². The molecular weight excluding hydrogens is 276 g/mol. The van der Waals surface area contributed by atoms with Crippen molar-refractivity contribution in [1.82, 2.24) is 4.98 Å². The number of aromatic nitrogens is 1. The summed E-state index contributed by atoms with van der Waals surface area (Å²) in [4.78, 5) is 6.90. The quantitative estimate of drug-likeness (QED) is 0.782. The summed E-state index contributed by atoms with van der Waals surface area (Å²) < 4.78 is 0. The van der Waals surface area contributed by atoms with Crippen molar-refractivity contribution in [1.29, 1.82) is 0 Å². The second-order valence-electron chi connectivity index (χ2n) is 5.63. The first-order chi connectivity index (χ1) is 7.86. The van der Waals surface area contributed by atoms with Crippen molar-refractivity contribution >= 4 is 21.7 Å². The summed E-state index contributed by atoms with van der Waals surface area (Å²) in [6.07, 6.45) is 2.00. The van der Waals surface area contributed by atoms with E-state index in [1.807, 2.05) is 6.20 Å². The maximum atomic E-state index is 4.59. The molecule has 0 fully saturated rings. The molecule has 1 rings (SSSR count). The van der Waals surface area contributed by atoms with Crippen molar-refractivity contribution in [3.8, 4) is 0 Å². The minimum Gasteiger partial charge on any atom is -0.353 e. The summed E-state index contributed by atoms with van der Waals surface area (Å²) in [5.74, 6) is 1.06. The molecule has 1 aromatic heterocycles. The van der Waals surface area contributed by atoms with E-state index < -0.39 is 0 Å². The van der Waals surface area contributed by atoms with E-state index in [9.17, 15) is 0 Å². The summed E-state index contributed by atoms with van der Waals surface area (Å²) in [5, 5.41) is 0.966. The maximum absolute atomic E-state index is 4.59. The molecule has 17 heavy (non-hydrogen) atoms. The third-order valence-electron chi connectivity index (χ3n) is 2.86. The van der Waals surface area contributed by atoms with Crippen molar-refractivity contribution < 1.29 is 0 Å². The number of hydrogen-bond donors (Lipinski definition) is 0. The first-order valence-electron chi connectivity index (χ1n) is 6.15. The van der Waals surface area contributed by atoms with Gasteiger partial charge in [-0.15, -0.1) is 0 Å². The predicted molar refractivity (Wildman–Crippen MR) is 79.2 cm³/mol. The van der Waals surface area contributed by atoms with Crippen LogP contribution in [-0.4, -0.2) is 22.9 Å². The zero-order chi connectivity index (χ0) is 13.1. The zero-order valence-corrected chi connectivity index (χ0v) is 13.1. The van der Waals surface area contributed by atoms with E-state index in [4.69, 9.17) is 0 Å². The van der Waals surface area contributed by atoms with Crippen molar-refractivity contribution in [2.45, 2.75) is 46.1 Å². The van der Waals surface area contributed by atoms with E-state index in [1.165, 1.54) is 5.56 Å². The molecule has 0 spiro atoms. The lowest BCUT2D eigenvalue weighted by Crippen LogP contribution is -2.33. The second kappa shape index (κ2) is 5.85. The van der Waals surface area contributed by atoms with Gasteiger partial charge in [-0.25, -0.2) is 4.98 Å². The number of nitrogens with zero attached hydrogens (tertiary/aromatic N) is 2. The molecule has 1 heterocycles. The highest BCUT2D eigenvalue weighted by atomic mass is 79.9. The fraction of sp³-hybridized carbons (Fsp3) is 0.643. The Morgan fingerprint density at radius 3 is 2.29 bits per heavy atom. The van der Waals surface area contributed by atoms with Crippen molar-refractivity contribution in [3.05, 3.63) is 23.9 Å². The molecular formula is C14H23BrN2. The first kappa shape index (κ1) is 14.5. The van der Waals surface area contributed by atoms with Gasteiger partial charge in [-0.1, -0.05) is 42.8 Å². The lowest BCUT2D eigenvalue weighted by atomic mass is 9.88. The normalized spacial score (nSPS) is 11.9. The highest BCUT2D eigenvalue weighted by Crippen LogP contribution is 2.23. The molecule has 0 amide bonds. The minimum absolute atomic E-state index is 0.170. The van der Waals surface area contributed by atoms with Crippen LogP contribution in [0.1, 0.15) is 40.2 Å². The van der Waals surface area contributed by atoms with Gasteiger partial charge in [0.05, 0.1) is 0 Å². The van der Waals surface area contributed by atoms with Crippen LogP contribution >= 0.6 is 15.9 Å². The number of alkyl halides is 1. The molecule has 0 unspecified atom stereocenters. The van der Waals surface area contributed by atoms with Crippen LogP contribution < -0.4 is 4.90 Å². The van der Waals surface area contributed by atoms with Gasteiger partial charge in [0.1, 0.15) is 5.82 Å². The molecule has 96 valence electrons. The van der Waals surface area contributed by atoms with Crippen LogP contribution in [0.2, 0.25) is 0 Å². The Morgan fingerprint density at radius 1 is 1.29 bits per heavy atom. The smallest absolute Gasteiger partial charge is 0.128 e. The Morgan fingerprint density at radius 2 is 1.94 bits per heavy atom. The fourth-order valence-corrected chi connectivity index (χ4v) is 2.11. The number of pyridine rings is 1. The summed E-state index contributed by atoms with van der Waals surface area (Å²) in [5.41, 5.74) is 1.45. The Kier molecular flexibility index (Phi) is 4.99. The Bertz CT molecular complexity index is 338. The van der Waals surface area contributed by atoms with E-state index in [-0.39, 0.29) is 5.41 Å². The van der Waals surface area contributed by atoms with Crippen molar-refractivity contribution in [2.24, 2.45) is 0 Å². The molecule has 0 aliphatic carbocycles. The van der Waals surface area contributed by atoms with Crippen molar-refractivity contribution in [2.75, 3.05) is 16.8 Å². The Hall–Kier alpha value is -0.570. The van der Waals surface area contributed by atoms with E-state index >= 15 is 0 Å². The summed E-state index contributed by atoms with van der Waals surface area (Å²) in [6.45, 7) is 12.0. The zero-order valence-electron chi connectivity index (χ0n) is 11.5. The molecule has 1 aromatic rings. The van der Waals surface area contributed by atoms with Gasteiger partial charge in [0.25, 0.3) is 0 Å². The largest absolute Gasteiger partial charge is 0.353 e. The van der Waals surface area contributed by atoms with E-state index in [1.54, 1.807) is 0 Å². The first-order valence-corrected chi connectivity index (χ1v) is 7.27. The number of anilines is 1. The van der Waals surface area contributed by atoms with Gasteiger partial charge < -0.3 is 4.90 Å². The molecule has 3 heteroatoms. The van der Waals surface area contributed by atoms with Gasteiger partial charge in [0, 0.05) is 24.1 Å². The van der Waals surface area contributed by atoms with E-state index in [0.717, 1.165) is 17.7 Å². The topological polar surface area (TPSA) is 16.1 Å². The average Bonchev–Trinajstić information content (AvgIpc) is 2.24. The van der Waals surface area contributed by atoms with Gasteiger partial charge in [0.15, 0.2) is 0 Å². The third-order valence-corrected chi connectivity index (χ3v) is 3.21. The van der Waals surface area contributed by atoms with Crippen LogP contribution in [0, 0.1) is 0 Å². The maximum Gasteiger partial charge on any atom is 0.128 e. The molecule has 0 saturated heterocycles. The fourth-order valence-electron chi connectivity index (χ4n) is 1.73. The molecule has 0 radical (unpaired) electrons. The van der Waals surface area contributed by atoms with Gasteiger partial charge in [-0.05, 0) is 30.9 Å². The molecule has 0 aliphatic rings. The summed E-state index contributed by atoms with van der Waals surface area (Å²) in [6, 6.07) is 4.79. The SMILES string of the molecule is CC(C)N(CCBr)c1ccc(C(C)(C)C)cn1. The van der Waals surface area contributed by atoms with E-state index in [0.29, 0.717) is 6.04 Å². The second-order valence-corrected chi connectivity index (χ2v) is 6.42. The van der Waals surface area contributed by atoms with Crippen molar-refractivity contribution in [3.63, 3.8) is 0 Å². The molecule has 0 atom stereocenters. The molecule has 0 saturated carbocycles. The van der Waals surface area contributed by atoms with Crippen LogP contribution in [0.5, 0.6) is 0 Å². The van der Waals surface area contributed by atoms with Crippen LogP contribution in [0.25, 0.3) is 0 Å². The molecule has 0 N–H and O–H groups in total. The Balaban J connectivity index is 2.92. The van der Waals surface area contributed by atoms with Gasteiger partial charge in [0.2, 0.25) is 0 Å². The number of rotatable bonds is 4. The van der Waals surface area contributed by atoms with Gasteiger partial charge in [-0.2, -0.15) is 0 Å². The highest BCUT2D eigenvalue weighted by molar-refractivity contribution is 9.09. The standard InChI is InChI=1S/C14H23BrN2/c1-11(2)17(9-8-15)13-7-6-12(10-16-13)14(3,4)5/h6-7,10-11H,8-9H2,1-5H3. The summed E-state index contributed by atoms with van der Waals surface area (Å²) in [7, 11) is 0. The predicted octanol–water partition coefficient (Wildman–Crippen LogP) is 3.99. The summed E-state index contributed by atoms with van der Waals surface area (Å²) >= 11 is 3.49. The van der Waals surface area contributed by atoms with Gasteiger partial charge in [-0.3, -0.25) is 0 Å². The lowest BCUT2D eigenvalue weighted by molar-refractivity contribution is 0.586.